The smallest absolute Gasteiger partial charge is 0.502 e. The van der Waals surface area contributed by atoms with Crippen molar-refractivity contribution in [3.05, 3.63) is 23.0 Å². The van der Waals surface area contributed by atoms with Crippen LogP contribution in [0.1, 0.15) is 38.2 Å². The summed E-state index contributed by atoms with van der Waals surface area (Å²) in [5.41, 5.74) is -0.472. The molecule has 0 bridgehead atoms. The van der Waals surface area contributed by atoms with Gasteiger partial charge in [-0.1, -0.05) is 26.2 Å². The second-order valence-corrected chi connectivity index (χ2v) is 4.28. The van der Waals surface area contributed by atoms with E-state index in [1.54, 1.807) is 0 Å². The summed E-state index contributed by atoms with van der Waals surface area (Å²) in [6.07, 6.45) is 1.03. The first kappa shape index (κ1) is 16.1. The van der Waals surface area contributed by atoms with Gasteiger partial charge in [0.1, 0.15) is 0 Å². The van der Waals surface area contributed by atoms with Crippen molar-refractivity contribution < 1.29 is 32.9 Å². The average Bonchev–Trinajstić information content (AvgIpc) is 2.41. The molecule has 0 radical (unpaired) electrons. The van der Waals surface area contributed by atoms with Crippen LogP contribution >= 0.6 is 0 Å². The molecule has 20 heavy (non-hydrogen) atoms. The third kappa shape index (κ3) is 3.55. The van der Waals surface area contributed by atoms with Crippen LogP contribution in [0.2, 0.25) is 0 Å². The van der Waals surface area contributed by atoms with E-state index in [9.17, 15) is 23.1 Å². The van der Waals surface area contributed by atoms with E-state index in [0.717, 1.165) is 12.8 Å². The molecule has 2 N–H and O–H groups in total. The number of aromatic hydroxyl groups is 1. The molecule has 1 aromatic rings. The first-order valence-corrected chi connectivity index (χ1v) is 6.19. The van der Waals surface area contributed by atoms with Gasteiger partial charge in [-0.25, -0.2) is 13.6 Å². The Bertz CT molecular complexity index is 503. The molecule has 0 aromatic heterocycles. The lowest BCUT2D eigenvalue weighted by Crippen LogP contribution is -2.10. The minimum atomic E-state index is -1.86. The first-order chi connectivity index (χ1) is 9.40. The van der Waals surface area contributed by atoms with Crippen molar-refractivity contribution in [1.82, 2.24) is 0 Å². The van der Waals surface area contributed by atoms with Crippen molar-refractivity contribution in [3.8, 4) is 11.5 Å². The summed E-state index contributed by atoms with van der Waals surface area (Å²) in [6, 6.07) is 0. The Morgan fingerprint density at radius 3 is 2.30 bits per heavy atom. The number of unbranched alkanes of at least 4 members (excludes halogenated alkanes) is 3. The maximum Gasteiger partial charge on any atom is 0.511 e. The molecule has 0 amide bonds. The monoisotopic (exact) mass is 292 g/mol. The van der Waals surface area contributed by atoms with E-state index in [4.69, 9.17) is 5.11 Å². The number of rotatable bonds is 6. The summed E-state index contributed by atoms with van der Waals surface area (Å²) < 4.78 is 44.3. The van der Waals surface area contributed by atoms with Gasteiger partial charge in [-0.2, -0.15) is 4.39 Å². The van der Waals surface area contributed by atoms with Gasteiger partial charge < -0.3 is 14.9 Å². The minimum Gasteiger partial charge on any atom is -0.502 e. The molecule has 0 heterocycles. The Kier molecular flexibility index (Phi) is 5.66. The van der Waals surface area contributed by atoms with Gasteiger partial charge in [0.25, 0.3) is 0 Å². The third-order valence-electron chi connectivity index (χ3n) is 2.82. The molecular weight excluding hydrogens is 277 g/mol. The summed E-state index contributed by atoms with van der Waals surface area (Å²) in [4.78, 5) is 10.5. The Morgan fingerprint density at radius 1 is 1.10 bits per heavy atom. The van der Waals surface area contributed by atoms with Crippen molar-refractivity contribution in [2.75, 3.05) is 0 Å². The first-order valence-electron chi connectivity index (χ1n) is 6.19. The fourth-order valence-electron chi connectivity index (χ4n) is 1.82. The van der Waals surface area contributed by atoms with Crippen LogP contribution in [-0.4, -0.2) is 16.4 Å². The van der Waals surface area contributed by atoms with E-state index in [0.29, 0.717) is 12.8 Å². The van der Waals surface area contributed by atoms with Gasteiger partial charge in [0, 0.05) is 5.56 Å². The molecule has 0 fully saturated rings. The van der Waals surface area contributed by atoms with E-state index < -0.39 is 40.7 Å². The molecule has 0 aliphatic rings. The quantitative estimate of drug-likeness (QED) is 0.360. The molecule has 0 unspecified atom stereocenters. The van der Waals surface area contributed by atoms with Gasteiger partial charge in [-0.15, -0.1) is 0 Å². The Labute approximate surface area is 113 Å². The summed E-state index contributed by atoms with van der Waals surface area (Å²) in [5.74, 6) is -7.46. The number of phenols is 1. The number of hydrogen-bond donors (Lipinski definition) is 2. The molecule has 0 atom stereocenters. The van der Waals surface area contributed by atoms with Crippen LogP contribution in [0, 0.1) is 17.5 Å². The summed E-state index contributed by atoms with van der Waals surface area (Å²) >= 11 is 0. The van der Waals surface area contributed by atoms with E-state index >= 15 is 0 Å². The Hall–Kier alpha value is -1.92. The molecule has 0 saturated carbocycles. The maximum atomic E-state index is 13.7. The van der Waals surface area contributed by atoms with Crippen molar-refractivity contribution in [2.45, 2.75) is 39.0 Å². The number of halogens is 3. The normalized spacial score (nSPS) is 10.6. The van der Waals surface area contributed by atoms with Crippen LogP contribution in [0.25, 0.3) is 0 Å². The third-order valence-corrected chi connectivity index (χ3v) is 2.82. The fourth-order valence-corrected chi connectivity index (χ4v) is 1.82. The number of carbonyl (C=O) groups is 1. The molecule has 112 valence electrons. The molecule has 4 nitrogen and oxygen atoms in total. The van der Waals surface area contributed by atoms with Crippen molar-refractivity contribution in [2.24, 2.45) is 0 Å². The van der Waals surface area contributed by atoms with Gasteiger partial charge in [0.2, 0.25) is 5.82 Å². The molecule has 7 heteroatoms. The molecular formula is C13H15F3O4. The maximum absolute atomic E-state index is 13.7. The number of phenolic OH excluding ortho intramolecular Hbond substituents is 1. The molecule has 1 rings (SSSR count). The molecule has 0 saturated heterocycles. The summed E-state index contributed by atoms with van der Waals surface area (Å²) in [5, 5.41) is 17.9. The Morgan fingerprint density at radius 2 is 1.75 bits per heavy atom. The molecule has 0 spiro atoms. The number of ether oxygens (including phenoxy) is 1. The van der Waals surface area contributed by atoms with Gasteiger partial charge in [-0.05, 0) is 12.8 Å². The van der Waals surface area contributed by atoms with Crippen LogP contribution in [0.3, 0.4) is 0 Å². The highest BCUT2D eigenvalue weighted by Crippen LogP contribution is 2.38. The molecule has 0 aliphatic heterocycles. The van der Waals surface area contributed by atoms with Crippen LogP contribution in [-0.2, 0) is 6.42 Å². The standard InChI is InChI=1S/C13H15F3O4/c1-2-3-4-5-6-7-8(14)9(15)10(16)11(17)12(7)20-13(18)19/h17H,2-6H2,1H3,(H,18,19). The van der Waals surface area contributed by atoms with E-state index in [2.05, 4.69) is 4.74 Å². The largest absolute Gasteiger partial charge is 0.511 e. The second-order valence-electron chi connectivity index (χ2n) is 4.28. The number of benzene rings is 1. The van der Waals surface area contributed by atoms with E-state index in [-0.39, 0.29) is 6.42 Å². The Balaban J connectivity index is 3.13. The summed E-state index contributed by atoms with van der Waals surface area (Å²) in [6.45, 7) is 1.96. The average molecular weight is 292 g/mol. The zero-order valence-corrected chi connectivity index (χ0v) is 10.9. The highest BCUT2D eigenvalue weighted by molar-refractivity contribution is 5.64. The zero-order valence-electron chi connectivity index (χ0n) is 10.9. The second kappa shape index (κ2) is 7.02. The number of hydrogen-bond acceptors (Lipinski definition) is 3. The lowest BCUT2D eigenvalue weighted by Gasteiger charge is -2.12. The highest BCUT2D eigenvalue weighted by Gasteiger charge is 2.27. The zero-order chi connectivity index (χ0) is 15.3. The fraction of sp³-hybridized carbons (Fsp3) is 0.462. The van der Waals surface area contributed by atoms with E-state index in [1.807, 2.05) is 6.92 Å². The van der Waals surface area contributed by atoms with Crippen molar-refractivity contribution >= 4 is 6.16 Å². The van der Waals surface area contributed by atoms with Gasteiger partial charge in [0.05, 0.1) is 0 Å². The predicted molar refractivity (Wildman–Crippen MR) is 64.5 cm³/mol. The summed E-state index contributed by atoms with van der Waals surface area (Å²) in [7, 11) is 0. The predicted octanol–water partition coefficient (Wildman–Crippen LogP) is 3.99. The van der Waals surface area contributed by atoms with Gasteiger partial charge in [0.15, 0.2) is 23.1 Å². The molecule has 1 aromatic carbocycles. The van der Waals surface area contributed by atoms with Crippen LogP contribution in [0.5, 0.6) is 11.5 Å². The van der Waals surface area contributed by atoms with Crippen LogP contribution < -0.4 is 4.74 Å². The highest BCUT2D eigenvalue weighted by atomic mass is 19.2. The SMILES string of the molecule is CCCCCCc1c(F)c(F)c(F)c(O)c1OC(=O)O. The van der Waals surface area contributed by atoms with Crippen molar-refractivity contribution in [3.63, 3.8) is 0 Å². The molecule has 0 aliphatic carbocycles. The van der Waals surface area contributed by atoms with Gasteiger partial charge in [-0.3, -0.25) is 0 Å². The minimum absolute atomic E-state index is 0.0563. The van der Waals surface area contributed by atoms with Crippen LogP contribution in [0.15, 0.2) is 0 Å². The van der Waals surface area contributed by atoms with Crippen molar-refractivity contribution in [1.29, 1.82) is 0 Å². The van der Waals surface area contributed by atoms with E-state index in [1.165, 1.54) is 0 Å². The van der Waals surface area contributed by atoms with Crippen LogP contribution in [0.4, 0.5) is 18.0 Å². The lowest BCUT2D eigenvalue weighted by atomic mass is 10.0. The topological polar surface area (TPSA) is 66.8 Å². The van der Waals surface area contributed by atoms with Gasteiger partial charge >= 0.3 is 6.16 Å². The lowest BCUT2D eigenvalue weighted by molar-refractivity contribution is 0.141. The number of carboxylic acid groups (broad SMARTS) is 1.